The number of aromatic amines is 2. The van der Waals surface area contributed by atoms with Crippen LogP contribution in [0.5, 0.6) is 0 Å². The third-order valence-corrected chi connectivity index (χ3v) is 21.8. The van der Waals surface area contributed by atoms with E-state index >= 15 is 0 Å². The fourth-order valence-electron chi connectivity index (χ4n) is 10.5. The third kappa shape index (κ3) is 12.4. The van der Waals surface area contributed by atoms with Gasteiger partial charge in [-0.2, -0.15) is 9.97 Å². The number of hydrogen-bond acceptors (Lipinski definition) is 32. The molecule has 6 saturated heterocycles. The quantitative estimate of drug-likeness (QED) is 0.0886. The Morgan fingerprint density at radius 1 is 0.477 bits per heavy atom. The van der Waals surface area contributed by atoms with Gasteiger partial charge in [-0.3, -0.25) is 37.8 Å². The van der Waals surface area contributed by atoms with Crippen molar-refractivity contribution in [3.05, 3.63) is 58.7 Å². The normalized spacial score (nSPS) is 35.4. The van der Waals surface area contributed by atoms with Crippen LogP contribution in [0.2, 0.25) is 0 Å². The molecule has 0 radical (unpaired) electrons. The Bertz CT molecular complexity index is 4010. The monoisotopic (exact) mass is 1380 g/mol. The highest BCUT2D eigenvalue weighted by molar-refractivity contribution is 8.60. The van der Waals surface area contributed by atoms with Crippen molar-refractivity contribution < 1.29 is 64.9 Å². The van der Waals surface area contributed by atoms with E-state index in [4.69, 9.17) is 125 Å². The first-order chi connectivity index (χ1) is 40.9. The third-order valence-electron chi connectivity index (χ3n) is 14.2. The smallest absolute Gasteiger partial charge is 0.324 e. The summed E-state index contributed by atoms with van der Waals surface area (Å²) < 4.78 is 79.1. The summed E-state index contributed by atoms with van der Waals surface area (Å²) in [5.41, 5.74) is 18.1. The Kier molecular flexibility index (Phi) is 16.6. The number of aromatic nitrogens is 16. The number of hydrogen-bond donors (Lipinski definition) is 10. The minimum Gasteiger partial charge on any atom is -0.382 e. The Balaban J connectivity index is 0.000000160. The summed E-state index contributed by atoms with van der Waals surface area (Å²) in [5, 5.41) is 0. The lowest BCUT2D eigenvalue weighted by molar-refractivity contribution is -0.0547. The highest BCUT2D eigenvalue weighted by atomic mass is 32.9. The number of thiol groups is 2. The van der Waals surface area contributed by atoms with E-state index in [1.165, 1.54) is 47.1 Å². The lowest BCUT2D eigenvalue weighted by Gasteiger charge is -2.28. The van der Waals surface area contributed by atoms with Crippen LogP contribution < -0.4 is 34.1 Å². The molecule has 6 aliphatic rings. The van der Waals surface area contributed by atoms with Gasteiger partial charge in [0.05, 0.1) is 76.2 Å². The van der Waals surface area contributed by atoms with Gasteiger partial charge in [0.25, 0.3) is 11.1 Å². The molecule has 46 heteroatoms. The highest BCUT2D eigenvalue weighted by Crippen LogP contribution is 2.60. The maximum atomic E-state index is 12.3. The molecule has 14 heterocycles. The minimum absolute atomic E-state index is 0.0604. The molecule has 8 aromatic heterocycles. The number of nitrogens with one attached hydrogen (secondary N) is 2. The maximum absolute atomic E-state index is 12.3. The number of ether oxygens (including phenoxy) is 4. The minimum atomic E-state index is -3.80. The van der Waals surface area contributed by atoms with Crippen molar-refractivity contribution in [1.82, 2.24) is 78.1 Å². The molecule has 36 nitrogen and oxygen atoms in total. The number of H-pyrrole nitrogens is 2. The van der Waals surface area contributed by atoms with Crippen molar-refractivity contribution in [3.63, 3.8) is 0 Å². The topological polar surface area (TPSA) is 470 Å². The first kappa shape index (κ1) is 60.6. The van der Waals surface area contributed by atoms with Gasteiger partial charge in [0.2, 0.25) is 23.3 Å². The zero-order valence-electron chi connectivity index (χ0n) is 43.5. The van der Waals surface area contributed by atoms with Crippen LogP contribution in [0, 0.1) is 0 Å². The molecule has 0 aromatic carbocycles. The van der Waals surface area contributed by atoms with Crippen LogP contribution in [0.25, 0.3) is 44.7 Å². The van der Waals surface area contributed by atoms with E-state index in [0.29, 0.717) is 22.3 Å². The summed E-state index contributed by atoms with van der Waals surface area (Å²) in [6, 6.07) is 0. The van der Waals surface area contributed by atoms with Gasteiger partial charge in [0.15, 0.2) is 57.7 Å². The molecule has 16 atom stereocenters. The summed E-state index contributed by atoms with van der Waals surface area (Å²) >= 11 is 31.1. The molecule has 0 amide bonds. The summed E-state index contributed by atoms with van der Waals surface area (Å²) in [6.07, 6.45) is 0.790. The van der Waals surface area contributed by atoms with E-state index in [9.17, 15) is 19.4 Å². The number of nitrogens with two attached hydrogens (primary N) is 4. The predicted molar refractivity (Wildman–Crippen MR) is 322 cm³/mol. The average Bonchev–Trinajstić information content (AvgIpc) is 2.28. The van der Waals surface area contributed by atoms with E-state index < -0.39 is 110 Å². The predicted octanol–water partition coefficient (Wildman–Crippen LogP) is 1.77. The van der Waals surface area contributed by atoms with Gasteiger partial charge in [-0.15, -0.1) is 0 Å². The van der Waals surface area contributed by atoms with Crippen molar-refractivity contribution in [1.29, 1.82) is 0 Å². The zero-order valence-corrected chi connectivity index (χ0v) is 52.2. The van der Waals surface area contributed by atoms with Crippen molar-refractivity contribution in [2.24, 2.45) is 0 Å². The Morgan fingerprint density at radius 3 is 1.29 bits per heavy atom. The van der Waals surface area contributed by atoms with Crippen LogP contribution in [-0.4, -0.2) is 163 Å². The first-order valence-electron chi connectivity index (χ1n) is 25.5. The number of anilines is 4. The second-order valence-electron chi connectivity index (χ2n) is 19.8. The fourth-order valence-corrected chi connectivity index (χ4v) is 17.5. The number of nitrogens with zero attached hydrogens (tertiary/aromatic N) is 14. The molecule has 12 N–H and O–H groups in total. The van der Waals surface area contributed by atoms with Crippen LogP contribution in [0.1, 0.15) is 50.6 Å². The van der Waals surface area contributed by atoms with Crippen molar-refractivity contribution in [3.8, 4) is 0 Å². The first-order valence-corrected chi connectivity index (χ1v) is 38.2. The van der Waals surface area contributed by atoms with Crippen molar-refractivity contribution in [2.75, 3.05) is 49.4 Å². The van der Waals surface area contributed by atoms with Gasteiger partial charge in [0.1, 0.15) is 60.6 Å². The van der Waals surface area contributed by atoms with E-state index in [1.807, 2.05) is 0 Å². The van der Waals surface area contributed by atoms with E-state index in [-0.39, 0.29) is 98.0 Å². The average molecular weight is 1380 g/mol. The second kappa shape index (κ2) is 23.5. The molecule has 460 valence electrons. The van der Waals surface area contributed by atoms with Crippen LogP contribution >= 0.6 is 49.3 Å². The van der Waals surface area contributed by atoms with E-state index in [0.717, 1.165) is 0 Å². The lowest BCUT2D eigenvalue weighted by Crippen LogP contribution is -2.29. The second-order valence-corrected chi connectivity index (χ2v) is 35.9. The maximum Gasteiger partial charge on any atom is 0.324 e. The molecular formula is C40H48N20O16P4S6. The van der Waals surface area contributed by atoms with Gasteiger partial charge in [-0.25, -0.2) is 39.9 Å². The van der Waals surface area contributed by atoms with Gasteiger partial charge in [-0.05, 0) is 47.2 Å². The molecule has 0 aliphatic carbocycles. The zero-order chi connectivity index (χ0) is 60.2. The molecule has 14 rings (SSSR count). The van der Waals surface area contributed by atoms with Gasteiger partial charge in [-0.1, -0.05) is 24.5 Å². The van der Waals surface area contributed by atoms with Gasteiger partial charge < -0.3 is 87.9 Å². The van der Waals surface area contributed by atoms with Crippen LogP contribution in [-0.2, 0) is 102 Å². The number of imidazole rings is 4. The SMILES string of the molecule is Nc1nc2c(ncn2[C@@H]2O[C@@H]3COP(O)(=S)O[C@H]4C[C@H](n5cnc6c(N)ncnc65)O[C@@H]4COP(=S)(S)O[C@@H]2C3)c(=O)[nH]1.Nc1nc2c(ncn2[C@@H]2O[C@@H]3COP(O)(=S)O[C@H]4C[C@H](n5cnc6c(N)ncnc65)O[C@@H]4COP(=S)(S)O[C@@H]2C3)c(=O)[nH]1. The van der Waals surface area contributed by atoms with Crippen LogP contribution in [0.3, 0.4) is 0 Å². The molecular weight excluding hydrogens is 1330 g/mol. The van der Waals surface area contributed by atoms with Crippen molar-refractivity contribution >= 4 is 165 Å². The molecule has 0 spiro atoms. The molecule has 4 bridgehead atoms. The van der Waals surface area contributed by atoms with Gasteiger partial charge >= 0.3 is 13.4 Å². The fraction of sp³-hybridized carbons (Fsp3) is 0.500. The van der Waals surface area contributed by atoms with Crippen molar-refractivity contribution in [2.45, 2.75) is 99.4 Å². The number of rotatable bonds is 4. The molecule has 4 unspecified atom stereocenters. The highest BCUT2D eigenvalue weighted by Gasteiger charge is 2.48. The largest absolute Gasteiger partial charge is 0.382 e. The molecule has 6 fully saturated rings. The van der Waals surface area contributed by atoms with Gasteiger partial charge in [0, 0.05) is 25.7 Å². The van der Waals surface area contributed by atoms with Crippen LogP contribution in [0.15, 0.2) is 47.6 Å². The molecule has 8 aromatic rings. The molecule has 0 saturated carbocycles. The summed E-state index contributed by atoms with van der Waals surface area (Å²) in [5.74, 6) is 0.255. The lowest BCUT2D eigenvalue weighted by atomic mass is 10.2. The Labute approximate surface area is 512 Å². The van der Waals surface area contributed by atoms with E-state index in [1.54, 1.807) is 9.13 Å². The number of nitrogen functional groups attached to an aromatic ring is 4. The summed E-state index contributed by atoms with van der Waals surface area (Å²) in [4.78, 5) is 93.3. The van der Waals surface area contributed by atoms with E-state index in [2.05, 4.69) is 84.3 Å². The Hall–Kier alpha value is -4.26. The van der Waals surface area contributed by atoms with Crippen LogP contribution in [0.4, 0.5) is 23.5 Å². The summed E-state index contributed by atoms with van der Waals surface area (Å²) in [7, 11) is 0. The molecule has 6 aliphatic heterocycles. The number of fused-ring (bicyclic) bond motifs is 10. The summed E-state index contributed by atoms with van der Waals surface area (Å²) in [6.45, 7) is -8.08. The standard InChI is InChI=1S/2C20H24N10O8P2S3/c2*21-15-13-16(24-5-23-15)29(6-25-13)12-2-9-11(36-12)4-34-40(42,43)38-10-1-8(3-33-39(32,41)37-9)35-19(10)30-7-26-14-17(30)27-20(22)28-18(14)31/h2*5-12,19H,1-4H2,(H,32,41)(H,42,43)(H2,21,23,24)(H3,22,27,28,31)/t2*8-,9-,10+,11+,12+,19+,39?/m00/s1. The molecule has 86 heavy (non-hydrogen) atoms. The Morgan fingerprint density at radius 2 is 0.872 bits per heavy atom.